The lowest BCUT2D eigenvalue weighted by Gasteiger charge is -2.37. The van der Waals surface area contributed by atoms with Gasteiger partial charge >= 0.3 is 6.09 Å². The number of aryl methyl sites for hydroxylation is 1. The number of carbonyl (C=O) groups excluding carboxylic acids is 4. The quantitative estimate of drug-likeness (QED) is 0.478. The third-order valence-corrected chi connectivity index (χ3v) is 4.79. The molecule has 0 aliphatic rings. The Labute approximate surface area is 202 Å². The van der Waals surface area contributed by atoms with Crippen LogP contribution in [0.2, 0.25) is 0 Å². The Morgan fingerprint density at radius 3 is 2.15 bits per heavy atom. The Morgan fingerprint density at radius 2 is 1.68 bits per heavy atom. The van der Waals surface area contributed by atoms with E-state index in [0.29, 0.717) is 5.56 Å². The van der Waals surface area contributed by atoms with Crippen LogP contribution in [0.5, 0.6) is 0 Å². The number of nitrogens with zero attached hydrogens (tertiary/aromatic N) is 1. The average molecular weight is 477 g/mol. The first-order valence-electron chi connectivity index (χ1n) is 11.6. The molecule has 9 nitrogen and oxygen atoms in total. The first-order chi connectivity index (χ1) is 15.6. The summed E-state index contributed by atoms with van der Waals surface area (Å²) in [6, 6.07) is 4.79. The number of alkyl carbamates (subject to hydrolysis) is 1. The fourth-order valence-electron chi connectivity index (χ4n) is 3.50. The molecule has 0 saturated carbocycles. The van der Waals surface area contributed by atoms with Gasteiger partial charge in [-0.2, -0.15) is 0 Å². The van der Waals surface area contributed by atoms with Gasteiger partial charge in [-0.15, -0.1) is 0 Å². The van der Waals surface area contributed by atoms with E-state index in [1.54, 1.807) is 40.7 Å². The molecule has 0 fully saturated rings. The second kappa shape index (κ2) is 12.4. The highest BCUT2D eigenvalue weighted by Gasteiger charge is 2.38. The van der Waals surface area contributed by atoms with Crippen molar-refractivity contribution < 1.29 is 23.9 Å². The van der Waals surface area contributed by atoms with Crippen LogP contribution in [0.4, 0.5) is 4.79 Å². The van der Waals surface area contributed by atoms with E-state index in [1.807, 2.05) is 39.0 Å². The minimum absolute atomic E-state index is 0.0248. The van der Waals surface area contributed by atoms with Crippen molar-refractivity contribution in [2.45, 2.75) is 98.0 Å². The molecule has 9 heteroatoms. The van der Waals surface area contributed by atoms with Crippen molar-refractivity contribution in [3.05, 3.63) is 35.4 Å². The lowest BCUT2D eigenvalue weighted by atomic mass is 9.98. The fourth-order valence-corrected chi connectivity index (χ4v) is 3.50. The summed E-state index contributed by atoms with van der Waals surface area (Å²) in [6.07, 6.45) is -0.938. The van der Waals surface area contributed by atoms with Crippen LogP contribution in [0, 0.1) is 6.92 Å². The van der Waals surface area contributed by atoms with Crippen LogP contribution < -0.4 is 16.4 Å². The van der Waals surface area contributed by atoms with E-state index in [9.17, 15) is 19.2 Å². The number of carbonyl (C=O) groups is 4. The zero-order chi connectivity index (χ0) is 26.2. The lowest BCUT2D eigenvalue weighted by Crippen LogP contribution is -2.55. The maximum Gasteiger partial charge on any atom is 0.408 e. The third kappa shape index (κ3) is 9.41. The molecule has 190 valence electrons. The van der Waals surface area contributed by atoms with Gasteiger partial charge in [0.15, 0.2) is 0 Å². The fraction of sp³-hybridized carbons (Fsp3) is 0.600. The van der Waals surface area contributed by atoms with E-state index >= 15 is 0 Å². The van der Waals surface area contributed by atoms with Gasteiger partial charge in [0, 0.05) is 18.5 Å². The monoisotopic (exact) mass is 476 g/mol. The number of nitrogens with two attached hydrogens (primary N) is 1. The van der Waals surface area contributed by atoms with Crippen molar-refractivity contribution in [1.29, 1.82) is 0 Å². The highest BCUT2D eigenvalue weighted by molar-refractivity contribution is 5.92. The van der Waals surface area contributed by atoms with Crippen molar-refractivity contribution in [2.24, 2.45) is 5.73 Å². The van der Waals surface area contributed by atoms with Crippen LogP contribution in [0.1, 0.15) is 78.5 Å². The van der Waals surface area contributed by atoms with Crippen LogP contribution in [0.25, 0.3) is 0 Å². The van der Waals surface area contributed by atoms with Gasteiger partial charge in [0.25, 0.3) is 0 Å². The van der Waals surface area contributed by atoms with Gasteiger partial charge in [-0.25, -0.2) is 4.79 Å². The number of primary amides is 1. The van der Waals surface area contributed by atoms with E-state index in [1.165, 1.54) is 4.90 Å². The van der Waals surface area contributed by atoms with Crippen molar-refractivity contribution >= 4 is 23.8 Å². The minimum atomic E-state index is -1.11. The van der Waals surface area contributed by atoms with Crippen molar-refractivity contribution in [3.63, 3.8) is 0 Å². The van der Waals surface area contributed by atoms with E-state index < -0.39 is 41.6 Å². The molecule has 1 rings (SSSR count). The van der Waals surface area contributed by atoms with Crippen LogP contribution in [0.3, 0.4) is 0 Å². The van der Waals surface area contributed by atoms with Crippen molar-refractivity contribution in [2.75, 3.05) is 0 Å². The van der Waals surface area contributed by atoms with Gasteiger partial charge < -0.3 is 26.0 Å². The molecular weight excluding hydrogens is 436 g/mol. The first kappa shape index (κ1) is 28.9. The number of hydrogen-bond donors (Lipinski definition) is 3. The predicted molar refractivity (Wildman–Crippen MR) is 131 cm³/mol. The standard InChI is InChI=1S/C25H40N4O5/c1-15(2)27-22(31)21(18-11-9-10-17(5)14-18)29(16(3)4)23(32)19(12-13-20(26)30)28-24(33)34-25(6,7)8/h9-11,14-16,19,21H,12-13H2,1-8H3,(H2,26,30)(H,27,31)(H,28,33). The predicted octanol–water partition coefficient (Wildman–Crippen LogP) is 2.96. The number of nitrogens with one attached hydrogen (secondary N) is 2. The number of amides is 4. The summed E-state index contributed by atoms with van der Waals surface area (Å²) >= 11 is 0. The zero-order valence-corrected chi connectivity index (χ0v) is 21.6. The molecule has 0 heterocycles. The molecule has 0 spiro atoms. The van der Waals surface area contributed by atoms with Crippen molar-refractivity contribution in [1.82, 2.24) is 15.5 Å². The summed E-state index contributed by atoms with van der Waals surface area (Å²) in [5.41, 5.74) is 6.11. The summed E-state index contributed by atoms with van der Waals surface area (Å²) in [7, 11) is 0. The van der Waals surface area contributed by atoms with Gasteiger partial charge in [0.1, 0.15) is 17.7 Å². The lowest BCUT2D eigenvalue weighted by molar-refractivity contribution is -0.145. The Morgan fingerprint density at radius 1 is 1.06 bits per heavy atom. The molecule has 4 N–H and O–H groups in total. The Hall–Kier alpha value is -3.10. The van der Waals surface area contributed by atoms with E-state index in [4.69, 9.17) is 10.5 Å². The van der Waals surface area contributed by atoms with Gasteiger partial charge in [-0.05, 0) is 67.4 Å². The maximum atomic E-state index is 13.8. The van der Waals surface area contributed by atoms with Crippen LogP contribution in [0.15, 0.2) is 24.3 Å². The highest BCUT2D eigenvalue weighted by atomic mass is 16.6. The number of hydrogen-bond acceptors (Lipinski definition) is 5. The third-order valence-electron chi connectivity index (χ3n) is 4.79. The summed E-state index contributed by atoms with van der Waals surface area (Å²) in [6.45, 7) is 14.3. The molecular formula is C25H40N4O5. The molecule has 2 atom stereocenters. The van der Waals surface area contributed by atoms with Crippen LogP contribution in [-0.4, -0.2) is 52.4 Å². The van der Waals surface area contributed by atoms with Crippen LogP contribution >= 0.6 is 0 Å². The zero-order valence-electron chi connectivity index (χ0n) is 21.6. The molecule has 0 saturated heterocycles. The number of benzene rings is 1. The van der Waals surface area contributed by atoms with Crippen LogP contribution in [-0.2, 0) is 19.1 Å². The summed E-state index contributed by atoms with van der Waals surface area (Å²) in [5, 5.41) is 5.46. The molecule has 2 unspecified atom stereocenters. The average Bonchev–Trinajstić information content (AvgIpc) is 2.66. The Kier molecular flexibility index (Phi) is 10.5. The minimum Gasteiger partial charge on any atom is -0.444 e. The van der Waals surface area contributed by atoms with Gasteiger partial charge in [-0.1, -0.05) is 29.8 Å². The molecule has 1 aromatic carbocycles. The summed E-state index contributed by atoms with van der Waals surface area (Å²) in [5.74, 6) is -1.45. The maximum absolute atomic E-state index is 13.8. The van der Waals surface area contributed by atoms with E-state index in [-0.39, 0.29) is 24.8 Å². The topological polar surface area (TPSA) is 131 Å². The number of rotatable bonds is 10. The van der Waals surface area contributed by atoms with E-state index in [2.05, 4.69) is 10.6 Å². The molecule has 0 aromatic heterocycles. The van der Waals surface area contributed by atoms with Gasteiger partial charge in [0.2, 0.25) is 17.7 Å². The molecule has 0 aliphatic carbocycles. The second-order valence-electron chi connectivity index (χ2n) is 10.0. The SMILES string of the molecule is Cc1cccc(C(C(=O)NC(C)C)N(C(=O)C(CCC(N)=O)NC(=O)OC(C)(C)C)C(C)C)c1. The second-order valence-corrected chi connectivity index (χ2v) is 10.0. The highest BCUT2D eigenvalue weighted by Crippen LogP contribution is 2.26. The Bertz CT molecular complexity index is 876. The normalized spacial score (nSPS) is 13.2. The summed E-state index contributed by atoms with van der Waals surface area (Å²) < 4.78 is 5.31. The molecule has 0 bridgehead atoms. The molecule has 34 heavy (non-hydrogen) atoms. The molecule has 0 aliphatic heterocycles. The van der Waals surface area contributed by atoms with Gasteiger partial charge in [0.05, 0.1) is 0 Å². The smallest absolute Gasteiger partial charge is 0.408 e. The number of ether oxygens (including phenoxy) is 1. The molecule has 0 radical (unpaired) electrons. The Balaban J connectivity index is 3.45. The van der Waals surface area contributed by atoms with Crippen molar-refractivity contribution in [3.8, 4) is 0 Å². The molecule has 4 amide bonds. The first-order valence-corrected chi connectivity index (χ1v) is 11.6. The largest absolute Gasteiger partial charge is 0.444 e. The van der Waals surface area contributed by atoms with Gasteiger partial charge in [-0.3, -0.25) is 14.4 Å². The molecule has 1 aromatic rings. The van der Waals surface area contributed by atoms with E-state index in [0.717, 1.165) is 5.56 Å². The summed E-state index contributed by atoms with van der Waals surface area (Å²) in [4.78, 5) is 52.5.